The van der Waals surface area contributed by atoms with Crippen molar-refractivity contribution in [3.63, 3.8) is 0 Å². The Labute approximate surface area is 423 Å². The number of rotatable bonds is 37. The summed E-state index contributed by atoms with van der Waals surface area (Å²) in [6.07, 6.45) is -1.62. The Morgan fingerprint density at radius 2 is 1.38 bits per heavy atom. The fourth-order valence-electron chi connectivity index (χ4n) is 8.86. The van der Waals surface area contributed by atoms with E-state index in [1.165, 1.54) is 19.1 Å². The second-order valence-electron chi connectivity index (χ2n) is 20.0. The number of likely N-dealkylation sites (N-methyl/N-ethyl adjacent to an activating group) is 1. The number of allylic oxidation sites excluding steroid dienone is 1. The van der Waals surface area contributed by atoms with E-state index in [2.05, 4.69) is 37.2 Å². The van der Waals surface area contributed by atoms with Crippen molar-refractivity contribution in [3.8, 4) is 5.75 Å². The lowest BCUT2D eigenvalue weighted by Gasteiger charge is -2.32. The quantitative estimate of drug-likeness (QED) is 0.0272. The molecule has 0 aromatic heterocycles. The fourth-order valence-corrected chi connectivity index (χ4v) is 8.86. The number of Topliss-reactive ketones (excluding diaryl/α,β-unsaturated/α-hetero) is 1. The average molecular weight is 1020 g/mol. The molecular weight excluding hydrogens is 935 g/mol. The molecule has 0 saturated carbocycles. The van der Waals surface area contributed by atoms with Crippen molar-refractivity contribution in [1.29, 1.82) is 0 Å². The molecule has 12 unspecified atom stereocenters. The van der Waals surface area contributed by atoms with E-state index in [1.54, 1.807) is 25.3 Å². The van der Waals surface area contributed by atoms with E-state index in [1.807, 2.05) is 27.7 Å². The van der Waals surface area contributed by atoms with Crippen molar-refractivity contribution in [2.75, 3.05) is 13.6 Å². The molecule has 1 aliphatic carbocycles. The second kappa shape index (κ2) is 32.3. The molecule has 0 bridgehead atoms. The van der Waals surface area contributed by atoms with E-state index >= 15 is 0 Å². The molecule has 1 aromatic carbocycles. The second-order valence-corrected chi connectivity index (χ2v) is 20.0. The highest BCUT2D eigenvalue weighted by Crippen LogP contribution is 2.31. The summed E-state index contributed by atoms with van der Waals surface area (Å²) in [5.74, 6) is -5.58. The largest absolute Gasteiger partial charge is 0.508 e. The number of aliphatic hydroxyl groups excluding tert-OH is 2. The lowest BCUT2D eigenvalue weighted by atomic mass is 9.90. The highest BCUT2D eigenvalue weighted by molar-refractivity contribution is 5.98. The molecule has 0 fully saturated rings. The first-order valence-corrected chi connectivity index (χ1v) is 25.0. The number of carbonyl (C=O) groups is 7. The Balaban J connectivity index is 2.22. The summed E-state index contributed by atoms with van der Waals surface area (Å²) in [6, 6.07) is 0.329. The lowest BCUT2D eigenvalue weighted by molar-refractivity contribution is -0.139. The number of ketones is 1. The average Bonchev–Trinajstić information content (AvgIpc) is 3.76. The first kappa shape index (κ1) is 63.2. The van der Waals surface area contributed by atoms with Crippen LogP contribution in [0.3, 0.4) is 0 Å². The van der Waals surface area contributed by atoms with Gasteiger partial charge in [0.25, 0.3) is 0 Å². The van der Waals surface area contributed by atoms with Gasteiger partial charge in [-0.05, 0) is 107 Å². The van der Waals surface area contributed by atoms with Gasteiger partial charge in [0.05, 0.1) is 42.7 Å². The molecule has 20 N–H and O–H groups in total. The van der Waals surface area contributed by atoms with Gasteiger partial charge in [-0.25, -0.2) is 0 Å². The number of phenols is 1. The maximum atomic E-state index is 13.9. The number of carbonyl (C=O) groups excluding carboxylic acids is 5. The van der Waals surface area contributed by atoms with Gasteiger partial charge >= 0.3 is 11.9 Å². The molecule has 408 valence electrons. The molecule has 1 aliphatic rings. The number of amides is 3. The number of nitrogens with two attached hydrogens (primary N) is 4. The number of nitrogens with one attached hydrogen (secondary N) is 7. The van der Waals surface area contributed by atoms with Crippen molar-refractivity contribution in [3.05, 3.63) is 41.5 Å². The molecule has 0 heterocycles. The fraction of sp³-hybridized carbons (Fsp3) is 0.694. The SMILES string of the molecule is CNC(CC(C)C)C(O)NC(CC(N)N)CC1CCC=C1C(=O)NC(CCC(=O)O)C(=O)NC(C(C)O)C(N)NCC(N)NC(CCC(=O)O)C(=O)NC(Cc1ccc(O)cc1)C(=O)CC(C=O)CC(C)C. The van der Waals surface area contributed by atoms with Crippen molar-refractivity contribution in [2.45, 2.75) is 179 Å². The molecule has 0 radical (unpaired) electrons. The molecule has 23 heteroatoms. The standard InChI is InChI=1S/C49H85N11O12/c1-26(2)18-30(25-61)21-39(64)37(20-29-10-12-33(63)13-11-29)59-47(70)35(14-16-42(65)66)57-41(52)24-55-45(53)44(28(5)62)60-48(71)36(15-17-43(67)68)58-46(69)34-9-7-8-31(34)22-32(23-40(50)51)56-49(72)38(54-6)19-27(3)4/h9-13,25-28,30-32,35-38,40-41,44-45,49,54-57,62-63,72H,7-8,14-24,50-53H2,1-6H3,(H,58,69)(H,59,70)(H,60,71)(H,65,66)(H,67,68). The van der Waals surface area contributed by atoms with Crippen LogP contribution in [-0.4, -0.2) is 148 Å². The normalized spacial score (nSPS) is 18.4. The van der Waals surface area contributed by atoms with Crippen LogP contribution in [0.25, 0.3) is 0 Å². The lowest BCUT2D eigenvalue weighted by Crippen LogP contribution is -2.64. The summed E-state index contributed by atoms with van der Waals surface area (Å²) in [6.45, 7) is 9.04. The summed E-state index contributed by atoms with van der Waals surface area (Å²) >= 11 is 0. The van der Waals surface area contributed by atoms with Gasteiger partial charge in [0.15, 0.2) is 5.78 Å². The molecule has 0 aliphatic heterocycles. The van der Waals surface area contributed by atoms with E-state index in [-0.39, 0.29) is 62.3 Å². The monoisotopic (exact) mass is 1020 g/mol. The molecule has 2 rings (SSSR count). The Kier molecular flexibility index (Phi) is 28.3. The molecule has 1 aromatic rings. The minimum Gasteiger partial charge on any atom is -0.508 e. The third kappa shape index (κ3) is 23.7. The molecule has 0 saturated heterocycles. The highest BCUT2D eigenvalue weighted by atomic mass is 16.4. The van der Waals surface area contributed by atoms with Crippen molar-refractivity contribution in [1.82, 2.24) is 37.2 Å². The van der Waals surface area contributed by atoms with Gasteiger partial charge in [-0.2, -0.15) is 0 Å². The zero-order chi connectivity index (χ0) is 54.2. The number of hydrogen-bond acceptors (Lipinski definition) is 18. The van der Waals surface area contributed by atoms with Crippen LogP contribution < -0.4 is 60.2 Å². The molecule has 72 heavy (non-hydrogen) atoms. The topological polar surface area (TPSA) is 409 Å². The van der Waals surface area contributed by atoms with Crippen LogP contribution in [0.5, 0.6) is 5.75 Å². The number of carboxylic acid groups (broad SMARTS) is 2. The van der Waals surface area contributed by atoms with Crippen LogP contribution in [0.2, 0.25) is 0 Å². The zero-order valence-electron chi connectivity index (χ0n) is 42.7. The van der Waals surface area contributed by atoms with Crippen LogP contribution in [-0.2, 0) is 40.0 Å². The zero-order valence-corrected chi connectivity index (χ0v) is 42.7. The number of aldehydes is 1. The predicted octanol–water partition coefficient (Wildman–Crippen LogP) is -1.29. The van der Waals surface area contributed by atoms with E-state index in [0.717, 1.165) is 0 Å². The Hall–Kier alpha value is -4.95. The number of phenolic OH excluding ortho intramolecular Hbond substituents is 1. The third-order valence-corrected chi connectivity index (χ3v) is 12.5. The number of hydrogen-bond donors (Lipinski definition) is 16. The van der Waals surface area contributed by atoms with E-state index in [9.17, 15) is 59.1 Å². The number of aliphatic carboxylic acids is 2. The Bertz CT molecular complexity index is 1900. The predicted molar refractivity (Wildman–Crippen MR) is 270 cm³/mol. The van der Waals surface area contributed by atoms with Crippen molar-refractivity contribution < 1.29 is 59.1 Å². The maximum Gasteiger partial charge on any atom is 0.303 e. The summed E-state index contributed by atoms with van der Waals surface area (Å²) in [5.41, 5.74) is 25.7. The summed E-state index contributed by atoms with van der Waals surface area (Å²) in [5, 5.41) is 70.8. The third-order valence-electron chi connectivity index (χ3n) is 12.5. The van der Waals surface area contributed by atoms with Gasteiger partial charge in [0.1, 0.15) is 24.3 Å². The van der Waals surface area contributed by atoms with Crippen LogP contribution in [0.1, 0.15) is 111 Å². The number of aromatic hydroxyl groups is 1. The van der Waals surface area contributed by atoms with Gasteiger partial charge in [0, 0.05) is 49.4 Å². The van der Waals surface area contributed by atoms with Gasteiger partial charge in [-0.1, -0.05) is 45.9 Å². The first-order valence-electron chi connectivity index (χ1n) is 25.0. The Morgan fingerprint density at radius 3 is 1.92 bits per heavy atom. The van der Waals surface area contributed by atoms with E-state index in [0.29, 0.717) is 55.4 Å². The Morgan fingerprint density at radius 1 is 0.778 bits per heavy atom. The molecule has 0 spiro atoms. The minimum absolute atomic E-state index is 0.00314. The van der Waals surface area contributed by atoms with Crippen molar-refractivity contribution >= 4 is 41.7 Å². The van der Waals surface area contributed by atoms with Gasteiger partial charge in [-0.15, -0.1) is 0 Å². The smallest absolute Gasteiger partial charge is 0.303 e. The van der Waals surface area contributed by atoms with Crippen LogP contribution >= 0.6 is 0 Å². The number of aliphatic hydroxyl groups is 2. The summed E-state index contributed by atoms with van der Waals surface area (Å²) < 4.78 is 0. The van der Waals surface area contributed by atoms with E-state index < -0.39 is 115 Å². The molecule has 3 amide bonds. The van der Waals surface area contributed by atoms with Crippen LogP contribution in [0, 0.1) is 23.7 Å². The van der Waals surface area contributed by atoms with E-state index in [4.69, 9.17) is 22.9 Å². The van der Waals surface area contributed by atoms with Crippen molar-refractivity contribution in [2.24, 2.45) is 46.6 Å². The minimum atomic E-state index is -1.38. The summed E-state index contributed by atoms with van der Waals surface area (Å²) in [4.78, 5) is 90.5. The van der Waals surface area contributed by atoms with Gasteiger partial charge in [-0.3, -0.25) is 44.7 Å². The number of carboxylic acids is 2. The first-order chi connectivity index (χ1) is 33.8. The maximum absolute atomic E-state index is 13.9. The van der Waals surface area contributed by atoms with Crippen LogP contribution in [0.4, 0.5) is 0 Å². The van der Waals surface area contributed by atoms with Crippen LogP contribution in [0.15, 0.2) is 35.9 Å². The van der Waals surface area contributed by atoms with Gasteiger partial charge in [0.2, 0.25) is 17.7 Å². The summed E-state index contributed by atoms with van der Waals surface area (Å²) in [7, 11) is 1.75. The number of benzene rings is 1. The molecular formula is C49H85N11O12. The highest BCUT2D eigenvalue weighted by Gasteiger charge is 2.35. The molecule has 23 nitrogen and oxygen atoms in total. The molecule has 12 atom stereocenters. The van der Waals surface area contributed by atoms with Gasteiger partial charge < -0.3 is 74.5 Å².